The van der Waals surface area contributed by atoms with Crippen molar-refractivity contribution < 1.29 is 13.5 Å². The second-order valence-electron chi connectivity index (χ2n) is 8.82. The Kier molecular flexibility index (Phi) is 3.67. The molecule has 4 aliphatic rings. The monoisotopic (exact) mass is 348 g/mol. The molecule has 4 fully saturated rings. The summed E-state index contributed by atoms with van der Waals surface area (Å²) in [7, 11) is -3.15. The molecule has 0 amide bonds. The predicted molar refractivity (Wildman–Crippen MR) is 94.6 cm³/mol. The molecule has 0 spiro atoms. The van der Waals surface area contributed by atoms with Crippen LogP contribution in [0.15, 0.2) is 29.2 Å². The first-order valence-electron chi connectivity index (χ1n) is 9.25. The normalized spacial score (nSPS) is 39.1. The van der Waals surface area contributed by atoms with E-state index in [9.17, 15) is 13.5 Å². The Morgan fingerprint density at radius 1 is 1.12 bits per heavy atom. The van der Waals surface area contributed by atoms with E-state index in [1.54, 1.807) is 12.1 Å². The second kappa shape index (κ2) is 5.31. The number of aliphatic hydroxyl groups is 1. The van der Waals surface area contributed by atoms with Crippen molar-refractivity contribution in [3.63, 3.8) is 0 Å². The van der Waals surface area contributed by atoms with E-state index in [-0.39, 0.29) is 16.9 Å². The van der Waals surface area contributed by atoms with E-state index in [4.69, 9.17) is 0 Å². The molecule has 1 N–H and O–H groups in total. The van der Waals surface area contributed by atoms with Crippen molar-refractivity contribution in [3.8, 4) is 0 Å². The molecule has 0 radical (unpaired) electrons. The molecule has 0 aliphatic heterocycles. The van der Waals surface area contributed by atoms with Crippen LogP contribution in [-0.4, -0.2) is 25.9 Å². The number of rotatable bonds is 4. The van der Waals surface area contributed by atoms with Gasteiger partial charge in [0.05, 0.1) is 11.0 Å². The van der Waals surface area contributed by atoms with Gasteiger partial charge >= 0.3 is 0 Å². The zero-order valence-electron chi connectivity index (χ0n) is 14.7. The van der Waals surface area contributed by atoms with Gasteiger partial charge in [-0.3, -0.25) is 0 Å². The third-order valence-corrected chi connectivity index (χ3v) is 8.22. The van der Waals surface area contributed by atoms with Crippen molar-refractivity contribution in [1.82, 2.24) is 0 Å². The quantitative estimate of drug-likeness (QED) is 0.903. The fourth-order valence-corrected chi connectivity index (χ4v) is 7.18. The van der Waals surface area contributed by atoms with E-state index >= 15 is 0 Å². The summed E-state index contributed by atoms with van der Waals surface area (Å²) in [5.41, 5.74) is 1.53. The highest BCUT2D eigenvalue weighted by Gasteiger charge is 2.59. The summed E-state index contributed by atoms with van der Waals surface area (Å²) in [4.78, 5) is 0.402. The summed E-state index contributed by atoms with van der Waals surface area (Å²) in [5.74, 6) is 1.45. The van der Waals surface area contributed by atoms with E-state index in [1.165, 1.54) is 43.9 Å². The summed E-state index contributed by atoms with van der Waals surface area (Å²) in [6.45, 7) is 2.09. The summed E-state index contributed by atoms with van der Waals surface area (Å²) in [6.07, 6.45) is 9.07. The van der Waals surface area contributed by atoms with Gasteiger partial charge in [-0.25, -0.2) is 8.42 Å². The third kappa shape index (κ3) is 2.45. The summed E-state index contributed by atoms with van der Waals surface area (Å²) >= 11 is 0. The van der Waals surface area contributed by atoms with E-state index < -0.39 is 9.84 Å². The van der Waals surface area contributed by atoms with Crippen molar-refractivity contribution in [3.05, 3.63) is 29.8 Å². The number of benzene rings is 1. The number of aliphatic hydroxyl groups excluding tert-OH is 1. The number of hydrogen-bond donors (Lipinski definition) is 1. The Balaban J connectivity index is 1.72. The van der Waals surface area contributed by atoms with Crippen LogP contribution < -0.4 is 0 Å². The highest BCUT2D eigenvalue weighted by atomic mass is 32.2. The molecule has 24 heavy (non-hydrogen) atoms. The molecule has 0 saturated heterocycles. The fourth-order valence-electron chi connectivity index (χ4n) is 6.55. The van der Waals surface area contributed by atoms with Gasteiger partial charge in [0.15, 0.2) is 9.84 Å². The molecule has 4 aliphatic carbocycles. The summed E-state index contributed by atoms with van der Waals surface area (Å²) in [5, 5.41) is 10.8. The SMILES string of the molecule is CCC(O)C12C[C@@H]3C[C@@H](CC(c4ccc(S(C)(=O)=O)cc4)(C3)C1)C2. The van der Waals surface area contributed by atoms with E-state index in [1.807, 2.05) is 12.1 Å². The molecular formula is C20H28O3S. The van der Waals surface area contributed by atoms with Crippen LogP contribution in [0.2, 0.25) is 0 Å². The molecule has 1 aromatic rings. The van der Waals surface area contributed by atoms with Crippen LogP contribution in [0.4, 0.5) is 0 Å². The lowest BCUT2D eigenvalue weighted by Crippen LogP contribution is -2.57. The van der Waals surface area contributed by atoms with Crippen molar-refractivity contribution >= 4 is 9.84 Å². The molecule has 5 rings (SSSR count). The Bertz CT molecular complexity index is 721. The third-order valence-electron chi connectivity index (χ3n) is 7.09. The zero-order chi connectivity index (χ0) is 17.2. The van der Waals surface area contributed by atoms with Gasteiger partial charge in [-0.15, -0.1) is 0 Å². The summed E-state index contributed by atoms with van der Waals surface area (Å²) in [6, 6.07) is 7.61. The minimum Gasteiger partial charge on any atom is -0.393 e. The largest absolute Gasteiger partial charge is 0.393 e. The summed E-state index contributed by atoms with van der Waals surface area (Å²) < 4.78 is 23.5. The molecular weight excluding hydrogens is 320 g/mol. The molecule has 0 heterocycles. The van der Waals surface area contributed by atoms with Gasteiger partial charge in [-0.05, 0) is 85.3 Å². The van der Waals surface area contributed by atoms with Crippen molar-refractivity contribution in [2.75, 3.05) is 6.26 Å². The van der Waals surface area contributed by atoms with Crippen LogP contribution >= 0.6 is 0 Å². The van der Waals surface area contributed by atoms with E-state index in [0.717, 1.165) is 24.7 Å². The predicted octanol–water partition coefficient (Wildman–Crippen LogP) is 3.70. The minimum atomic E-state index is -3.15. The molecule has 1 aromatic carbocycles. The average Bonchev–Trinajstić information content (AvgIpc) is 2.52. The molecule has 3 nitrogen and oxygen atoms in total. The first-order chi connectivity index (χ1) is 11.3. The van der Waals surface area contributed by atoms with Gasteiger partial charge in [0, 0.05) is 6.26 Å². The van der Waals surface area contributed by atoms with Gasteiger partial charge in [0.25, 0.3) is 0 Å². The van der Waals surface area contributed by atoms with Gasteiger partial charge in [-0.1, -0.05) is 19.1 Å². The molecule has 4 saturated carbocycles. The first kappa shape index (κ1) is 16.6. The van der Waals surface area contributed by atoms with E-state index in [2.05, 4.69) is 6.92 Å². The van der Waals surface area contributed by atoms with Crippen LogP contribution in [0.1, 0.15) is 57.4 Å². The van der Waals surface area contributed by atoms with Crippen LogP contribution in [-0.2, 0) is 15.3 Å². The molecule has 4 bridgehead atoms. The average molecular weight is 349 g/mol. The van der Waals surface area contributed by atoms with Gasteiger partial charge < -0.3 is 5.11 Å². The van der Waals surface area contributed by atoms with Crippen LogP contribution in [0, 0.1) is 17.3 Å². The number of sulfone groups is 1. The van der Waals surface area contributed by atoms with Crippen molar-refractivity contribution in [2.24, 2.45) is 17.3 Å². The number of hydrogen-bond acceptors (Lipinski definition) is 3. The van der Waals surface area contributed by atoms with Crippen LogP contribution in [0.5, 0.6) is 0 Å². The fraction of sp³-hybridized carbons (Fsp3) is 0.700. The maximum absolute atomic E-state index is 11.7. The van der Waals surface area contributed by atoms with Gasteiger partial charge in [-0.2, -0.15) is 0 Å². The zero-order valence-corrected chi connectivity index (χ0v) is 15.5. The molecule has 132 valence electrons. The molecule has 4 heteroatoms. The van der Waals surface area contributed by atoms with E-state index in [0.29, 0.717) is 4.90 Å². The Hall–Kier alpha value is -0.870. The van der Waals surface area contributed by atoms with Crippen LogP contribution in [0.3, 0.4) is 0 Å². The maximum atomic E-state index is 11.7. The van der Waals surface area contributed by atoms with Crippen LogP contribution in [0.25, 0.3) is 0 Å². The molecule has 3 unspecified atom stereocenters. The second-order valence-corrected chi connectivity index (χ2v) is 10.8. The Morgan fingerprint density at radius 2 is 1.71 bits per heavy atom. The first-order valence-corrected chi connectivity index (χ1v) is 11.1. The van der Waals surface area contributed by atoms with Crippen molar-refractivity contribution in [1.29, 1.82) is 0 Å². The minimum absolute atomic E-state index is 0.0916. The Morgan fingerprint density at radius 3 is 2.21 bits per heavy atom. The lowest BCUT2D eigenvalue weighted by atomic mass is 9.41. The smallest absolute Gasteiger partial charge is 0.175 e. The Labute approximate surface area is 145 Å². The maximum Gasteiger partial charge on any atom is 0.175 e. The topological polar surface area (TPSA) is 54.4 Å². The standard InChI is InChI=1S/C20H28O3S/c1-3-18(21)20-11-14-8-15(12-20)10-19(9-14,13-20)16-4-6-17(7-5-16)24(2,22)23/h4-7,14-15,18,21H,3,8-13H2,1-2H3/t14-,15+,18?,19?,20?. The highest BCUT2D eigenvalue weighted by Crippen LogP contribution is 2.66. The van der Waals surface area contributed by atoms with Gasteiger partial charge in [0.1, 0.15) is 0 Å². The van der Waals surface area contributed by atoms with Gasteiger partial charge in [0.2, 0.25) is 0 Å². The van der Waals surface area contributed by atoms with Crippen molar-refractivity contribution in [2.45, 2.75) is 68.3 Å². The highest BCUT2D eigenvalue weighted by molar-refractivity contribution is 7.90. The molecule has 0 aromatic heterocycles. The lowest BCUT2D eigenvalue weighted by Gasteiger charge is -2.63. The molecule has 5 atom stereocenters. The lowest BCUT2D eigenvalue weighted by molar-refractivity contribution is -0.133.